The number of aryl methyl sites for hydroxylation is 1. The van der Waals surface area contributed by atoms with Crippen LogP contribution in [0.5, 0.6) is 0 Å². The van der Waals surface area contributed by atoms with Gasteiger partial charge in [-0.3, -0.25) is 4.79 Å². The Morgan fingerprint density at radius 3 is 2.71 bits per heavy atom. The van der Waals surface area contributed by atoms with Crippen molar-refractivity contribution in [2.45, 2.75) is 13.0 Å². The van der Waals surface area contributed by atoms with Crippen molar-refractivity contribution in [2.24, 2.45) is 0 Å². The van der Waals surface area contributed by atoms with E-state index in [0.29, 0.717) is 5.56 Å². The lowest BCUT2D eigenvalue weighted by atomic mass is 10.1. The van der Waals surface area contributed by atoms with Gasteiger partial charge in [-0.05, 0) is 24.6 Å². The molecule has 0 aliphatic carbocycles. The number of rotatable bonds is 4. The molecule has 1 amide bonds. The van der Waals surface area contributed by atoms with Gasteiger partial charge >= 0.3 is 5.97 Å². The van der Waals surface area contributed by atoms with Gasteiger partial charge in [0.15, 0.2) is 6.10 Å². The van der Waals surface area contributed by atoms with Gasteiger partial charge in [-0.15, -0.1) is 0 Å². The van der Waals surface area contributed by atoms with Gasteiger partial charge in [0, 0.05) is 5.56 Å². The van der Waals surface area contributed by atoms with Crippen LogP contribution < -0.4 is 5.32 Å². The summed E-state index contributed by atoms with van der Waals surface area (Å²) in [6.45, 7) is 1.20. The van der Waals surface area contributed by atoms with Gasteiger partial charge in [-0.25, -0.2) is 9.18 Å². The molecule has 0 spiro atoms. The maximum absolute atomic E-state index is 12.9. The molecule has 92 valence electrons. The van der Waals surface area contributed by atoms with E-state index in [2.05, 4.69) is 5.32 Å². The number of amides is 1. The van der Waals surface area contributed by atoms with Crippen LogP contribution in [0.4, 0.5) is 4.39 Å². The highest BCUT2D eigenvalue weighted by molar-refractivity contribution is 5.95. The van der Waals surface area contributed by atoms with Crippen LogP contribution in [0, 0.1) is 12.7 Å². The Balaban J connectivity index is 2.70. The average molecular weight is 241 g/mol. The van der Waals surface area contributed by atoms with Crippen molar-refractivity contribution in [3.63, 3.8) is 0 Å². The van der Waals surface area contributed by atoms with E-state index in [1.54, 1.807) is 6.92 Å². The van der Waals surface area contributed by atoms with Gasteiger partial charge in [-0.1, -0.05) is 6.07 Å². The first-order chi connectivity index (χ1) is 7.91. The van der Waals surface area contributed by atoms with Gasteiger partial charge in [-0.2, -0.15) is 0 Å². The average Bonchev–Trinajstić information content (AvgIpc) is 2.28. The SMILES string of the molecule is Cc1ccc(F)cc1C(=O)NC[C@H](O)C(=O)O. The quantitative estimate of drug-likeness (QED) is 0.708. The molecule has 0 heterocycles. The van der Waals surface area contributed by atoms with Crippen molar-refractivity contribution in [1.82, 2.24) is 5.32 Å². The highest BCUT2D eigenvalue weighted by atomic mass is 19.1. The fraction of sp³-hybridized carbons (Fsp3) is 0.273. The van der Waals surface area contributed by atoms with Gasteiger partial charge < -0.3 is 15.5 Å². The summed E-state index contributed by atoms with van der Waals surface area (Å²) < 4.78 is 12.9. The number of carboxylic acids is 1. The van der Waals surface area contributed by atoms with Crippen LogP contribution in [0.1, 0.15) is 15.9 Å². The Labute approximate surface area is 96.9 Å². The molecule has 6 heteroatoms. The van der Waals surface area contributed by atoms with Crippen LogP contribution >= 0.6 is 0 Å². The molecule has 0 saturated heterocycles. The number of nitrogens with one attached hydrogen (secondary N) is 1. The van der Waals surface area contributed by atoms with E-state index in [0.717, 1.165) is 6.07 Å². The summed E-state index contributed by atoms with van der Waals surface area (Å²) in [4.78, 5) is 21.9. The van der Waals surface area contributed by atoms with E-state index >= 15 is 0 Å². The largest absolute Gasteiger partial charge is 0.479 e. The molecule has 0 unspecified atom stereocenters. The molecule has 1 rings (SSSR count). The second-order valence-corrected chi connectivity index (χ2v) is 3.52. The van der Waals surface area contributed by atoms with Crippen LogP contribution in [0.25, 0.3) is 0 Å². The normalized spacial score (nSPS) is 11.9. The molecule has 1 aromatic rings. The predicted octanol–water partition coefficient (Wildman–Crippen LogP) is 0.309. The Kier molecular flexibility index (Phi) is 4.17. The zero-order valence-electron chi connectivity index (χ0n) is 9.11. The van der Waals surface area contributed by atoms with Crippen molar-refractivity contribution in [2.75, 3.05) is 6.54 Å². The molecule has 1 aromatic carbocycles. The molecule has 3 N–H and O–H groups in total. The van der Waals surface area contributed by atoms with Crippen LogP contribution in [0.3, 0.4) is 0 Å². The molecular formula is C11H12FNO4. The van der Waals surface area contributed by atoms with Crippen LogP contribution in [0.15, 0.2) is 18.2 Å². The van der Waals surface area contributed by atoms with Gasteiger partial charge in [0.25, 0.3) is 5.91 Å². The predicted molar refractivity (Wildman–Crippen MR) is 57.1 cm³/mol. The molecule has 0 saturated carbocycles. The standard InChI is InChI=1S/C11H12FNO4/c1-6-2-3-7(12)4-8(6)10(15)13-5-9(14)11(16)17/h2-4,9,14H,5H2,1H3,(H,13,15)(H,16,17)/t9-/m0/s1. The molecule has 0 aromatic heterocycles. The highest BCUT2D eigenvalue weighted by Crippen LogP contribution is 2.09. The second kappa shape index (κ2) is 5.40. The van der Waals surface area contributed by atoms with Crippen LogP contribution in [-0.4, -0.2) is 34.7 Å². The third kappa shape index (κ3) is 3.53. The molecular weight excluding hydrogens is 229 g/mol. The zero-order valence-corrected chi connectivity index (χ0v) is 9.11. The fourth-order valence-corrected chi connectivity index (χ4v) is 1.21. The summed E-state index contributed by atoms with van der Waals surface area (Å²) in [5.41, 5.74) is 0.677. The van der Waals surface area contributed by atoms with E-state index in [4.69, 9.17) is 10.2 Å². The first-order valence-corrected chi connectivity index (χ1v) is 4.87. The van der Waals surface area contributed by atoms with E-state index in [1.807, 2.05) is 0 Å². The lowest BCUT2D eigenvalue weighted by Gasteiger charge is -2.09. The number of halogens is 1. The lowest BCUT2D eigenvalue weighted by Crippen LogP contribution is -2.36. The first-order valence-electron chi connectivity index (χ1n) is 4.87. The summed E-state index contributed by atoms with van der Waals surface area (Å²) in [7, 11) is 0. The number of hydrogen-bond acceptors (Lipinski definition) is 3. The highest BCUT2D eigenvalue weighted by Gasteiger charge is 2.16. The minimum atomic E-state index is -1.67. The van der Waals surface area contributed by atoms with Crippen molar-refractivity contribution in [3.8, 4) is 0 Å². The Bertz CT molecular complexity index is 447. The third-order valence-corrected chi connectivity index (χ3v) is 2.19. The summed E-state index contributed by atoms with van der Waals surface area (Å²) >= 11 is 0. The summed E-state index contributed by atoms with van der Waals surface area (Å²) in [5, 5.41) is 19.6. The van der Waals surface area contributed by atoms with E-state index in [1.165, 1.54) is 12.1 Å². The van der Waals surface area contributed by atoms with Crippen LogP contribution in [-0.2, 0) is 4.79 Å². The molecule has 0 fully saturated rings. The number of carbonyl (C=O) groups excluding carboxylic acids is 1. The Morgan fingerprint density at radius 1 is 1.47 bits per heavy atom. The minimum absolute atomic E-state index is 0.114. The van der Waals surface area contributed by atoms with Crippen molar-refractivity contribution >= 4 is 11.9 Å². The monoisotopic (exact) mass is 241 g/mol. The van der Waals surface area contributed by atoms with Gasteiger partial charge in [0.05, 0.1) is 6.54 Å². The molecule has 0 radical (unpaired) electrons. The topological polar surface area (TPSA) is 86.6 Å². The first kappa shape index (κ1) is 13.1. The number of carbonyl (C=O) groups is 2. The molecule has 0 bridgehead atoms. The lowest BCUT2D eigenvalue weighted by molar-refractivity contribution is -0.146. The molecule has 17 heavy (non-hydrogen) atoms. The summed E-state index contributed by atoms with van der Waals surface area (Å²) in [5.74, 6) is -2.61. The van der Waals surface area contributed by atoms with E-state index < -0.39 is 30.3 Å². The number of aliphatic hydroxyl groups is 1. The zero-order chi connectivity index (χ0) is 13.0. The van der Waals surface area contributed by atoms with E-state index in [-0.39, 0.29) is 5.56 Å². The maximum atomic E-state index is 12.9. The number of benzene rings is 1. The minimum Gasteiger partial charge on any atom is -0.479 e. The second-order valence-electron chi connectivity index (χ2n) is 3.52. The summed E-state index contributed by atoms with van der Waals surface area (Å²) in [6.07, 6.45) is -1.67. The Hall–Kier alpha value is -1.95. The van der Waals surface area contributed by atoms with E-state index in [9.17, 15) is 14.0 Å². The maximum Gasteiger partial charge on any atom is 0.334 e. The molecule has 0 aliphatic heterocycles. The number of carboxylic acid groups (broad SMARTS) is 1. The van der Waals surface area contributed by atoms with Crippen molar-refractivity contribution < 1.29 is 24.2 Å². The van der Waals surface area contributed by atoms with Gasteiger partial charge in [0.2, 0.25) is 0 Å². The van der Waals surface area contributed by atoms with Gasteiger partial charge in [0.1, 0.15) is 5.82 Å². The number of hydrogen-bond donors (Lipinski definition) is 3. The molecule has 0 aliphatic rings. The fourth-order valence-electron chi connectivity index (χ4n) is 1.21. The molecule has 1 atom stereocenters. The molecule has 5 nitrogen and oxygen atoms in total. The Morgan fingerprint density at radius 2 is 2.12 bits per heavy atom. The smallest absolute Gasteiger partial charge is 0.334 e. The van der Waals surface area contributed by atoms with Crippen LogP contribution in [0.2, 0.25) is 0 Å². The van der Waals surface area contributed by atoms with Crippen molar-refractivity contribution in [3.05, 3.63) is 35.1 Å². The number of aliphatic carboxylic acids is 1. The van der Waals surface area contributed by atoms with Crippen molar-refractivity contribution in [1.29, 1.82) is 0 Å². The third-order valence-electron chi connectivity index (χ3n) is 2.19. The number of aliphatic hydroxyl groups excluding tert-OH is 1. The summed E-state index contributed by atoms with van der Waals surface area (Å²) in [6, 6.07) is 3.72.